The van der Waals surface area contributed by atoms with E-state index in [-0.39, 0.29) is 11.4 Å². The fourth-order valence-corrected chi connectivity index (χ4v) is 2.62. The van der Waals surface area contributed by atoms with Crippen LogP contribution in [-0.2, 0) is 6.54 Å². The zero-order valence-electron chi connectivity index (χ0n) is 12.1. The number of piperazine rings is 1. The van der Waals surface area contributed by atoms with Crippen LogP contribution in [0, 0.1) is 5.82 Å². The first-order valence-corrected chi connectivity index (χ1v) is 7.33. The Morgan fingerprint density at radius 2 is 1.85 bits per heavy atom. The molecule has 110 valence electrons. The standard InChI is InChI=1S/C15H22FN3S/c1-15(2,14(17)20)19-9-7-18(8-10-19)11-12-5-3-4-6-13(12)16/h3-6H,7-11H2,1-2H3,(H2,17,20). The molecular weight excluding hydrogens is 273 g/mol. The lowest BCUT2D eigenvalue weighted by atomic mass is 10.0. The molecule has 0 spiro atoms. The molecule has 0 radical (unpaired) electrons. The maximum atomic E-state index is 13.6. The van der Waals surface area contributed by atoms with Crippen molar-refractivity contribution in [3.05, 3.63) is 35.6 Å². The van der Waals surface area contributed by atoms with Crippen LogP contribution in [0.5, 0.6) is 0 Å². The van der Waals surface area contributed by atoms with Crippen molar-refractivity contribution in [2.24, 2.45) is 5.73 Å². The molecule has 0 atom stereocenters. The summed E-state index contributed by atoms with van der Waals surface area (Å²) in [5.74, 6) is -0.126. The molecule has 1 heterocycles. The van der Waals surface area contributed by atoms with Crippen molar-refractivity contribution in [3.8, 4) is 0 Å². The lowest BCUT2D eigenvalue weighted by Crippen LogP contribution is -2.59. The first-order valence-electron chi connectivity index (χ1n) is 6.92. The van der Waals surface area contributed by atoms with E-state index in [4.69, 9.17) is 18.0 Å². The third kappa shape index (κ3) is 3.34. The van der Waals surface area contributed by atoms with Gasteiger partial charge in [-0.25, -0.2) is 4.39 Å². The SMILES string of the molecule is CC(C)(C(N)=S)N1CCN(Cc2ccccc2F)CC1. The average molecular weight is 295 g/mol. The maximum Gasteiger partial charge on any atom is 0.127 e. The van der Waals surface area contributed by atoms with Crippen molar-refractivity contribution >= 4 is 17.2 Å². The summed E-state index contributed by atoms with van der Waals surface area (Å²) >= 11 is 5.14. The molecule has 1 saturated heterocycles. The van der Waals surface area contributed by atoms with E-state index in [1.807, 2.05) is 12.1 Å². The van der Waals surface area contributed by atoms with Crippen LogP contribution in [0.1, 0.15) is 19.4 Å². The summed E-state index contributed by atoms with van der Waals surface area (Å²) in [5, 5.41) is 0. The molecule has 3 nitrogen and oxygen atoms in total. The molecule has 0 aliphatic carbocycles. The Morgan fingerprint density at radius 3 is 2.40 bits per heavy atom. The van der Waals surface area contributed by atoms with Gasteiger partial charge in [0.25, 0.3) is 0 Å². The quantitative estimate of drug-likeness (QED) is 0.861. The highest BCUT2D eigenvalue weighted by Crippen LogP contribution is 2.19. The molecule has 5 heteroatoms. The molecular formula is C15H22FN3S. The van der Waals surface area contributed by atoms with Crippen LogP contribution < -0.4 is 5.73 Å². The van der Waals surface area contributed by atoms with E-state index in [9.17, 15) is 4.39 Å². The second-order valence-corrected chi connectivity index (χ2v) is 6.22. The number of rotatable bonds is 4. The third-order valence-corrected chi connectivity index (χ3v) is 4.62. The molecule has 1 aliphatic heterocycles. The number of hydrogen-bond donors (Lipinski definition) is 1. The molecule has 2 rings (SSSR count). The van der Waals surface area contributed by atoms with E-state index in [0.29, 0.717) is 11.5 Å². The van der Waals surface area contributed by atoms with E-state index >= 15 is 0 Å². The van der Waals surface area contributed by atoms with Gasteiger partial charge in [0, 0.05) is 38.3 Å². The minimum atomic E-state index is -0.251. The Labute approximate surface area is 125 Å². The second-order valence-electron chi connectivity index (χ2n) is 5.78. The van der Waals surface area contributed by atoms with Crippen molar-refractivity contribution in [2.75, 3.05) is 26.2 Å². The van der Waals surface area contributed by atoms with Crippen LogP contribution in [0.25, 0.3) is 0 Å². The zero-order valence-corrected chi connectivity index (χ0v) is 12.9. The van der Waals surface area contributed by atoms with Gasteiger partial charge in [-0.15, -0.1) is 0 Å². The van der Waals surface area contributed by atoms with E-state index in [2.05, 4.69) is 23.6 Å². The molecule has 0 amide bonds. The Hall–Kier alpha value is -1.04. The van der Waals surface area contributed by atoms with Gasteiger partial charge in [-0.3, -0.25) is 9.80 Å². The molecule has 2 N–H and O–H groups in total. The summed E-state index contributed by atoms with van der Waals surface area (Å²) in [6, 6.07) is 6.97. The lowest BCUT2D eigenvalue weighted by molar-refractivity contribution is 0.0815. The largest absolute Gasteiger partial charge is 0.392 e. The molecule has 20 heavy (non-hydrogen) atoms. The topological polar surface area (TPSA) is 32.5 Å². The second kappa shape index (κ2) is 6.16. The molecule has 0 unspecified atom stereocenters. The van der Waals surface area contributed by atoms with Gasteiger partial charge in [-0.2, -0.15) is 0 Å². The summed E-state index contributed by atoms with van der Waals surface area (Å²) in [6.07, 6.45) is 0. The Balaban J connectivity index is 1.92. The molecule has 0 aromatic heterocycles. The van der Waals surface area contributed by atoms with Gasteiger partial charge in [0.05, 0.1) is 10.5 Å². The highest BCUT2D eigenvalue weighted by Gasteiger charge is 2.32. The average Bonchev–Trinajstić information content (AvgIpc) is 2.42. The van der Waals surface area contributed by atoms with Gasteiger partial charge < -0.3 is 5.73 Å². The molecule has 0 saturated carbocycles. The molecule has 1 aromatic rings. The van der Waals surface area contributed by atoms with Crippen LogP contribution in [0.3, 0.4) is 0 Å². The summed E-state index contributed by atoms with van der Waals surface area (Å²) in [4.78, 5) is 5.10. The summed E-state index contributed by atoms with van der Waals surface area (Å²) in [7, 11) is 0. The van der Waals surface area contributed by atoms with E-state index in [1.165, 1.54) is 6.07 Å². The fourth-order valence-electron chi connectivity index (χ4n) is 2.49. The van der Waals surface area contributed by atoms with E-state index in [0.717, 1.165) is 31.7 Å². The minimum Gasteiger partial charge on any atom is -0.392 e. The minimum absolute atomic E-state index is 0.126. The fraction of sp³-hybridized carbons (Fsp3) is 0.533. The Kier molecular flexibility index (Phi) is 4.73. The number of nitrogens with zero attached hydrogens (tertiary/aromatic N) is 2. The Bertz CT molecular complexity index is 482. The third-order valence-electron chi connectivity index (χ3n) is 4.12. The highest BCUT2D eigenvalue weighted by molar-refractivity contribution is 7.80. The lowest BCUT2D eigenvalue weighted by Gasteiger charge is -2.43. The van der Waals surface area contributed by atoms with Gasteiger partial charge in [0.15, 0.2) is 0 Å². The summed E-state index contributed by atoms with van der Waals surface area (Å²) in [5.41, 5.74) is 6.31. The maximum absolute atomic E-state index is 13.6. The van der Waals surface area contributed by atoms with Gasteiger partial charge in [-0.05, 0) is 19.9 Å². The van der Waals surface area contributed by atoms with Crippen molar-refractivity contribution in [1.29, 1.82) is 0 Å². The van der Waals surface area contributed by atoms with Gasteiger partial charge in [0.1, 0.15) is 5.82 Å². The van der Waals surface area contributed by atoms with E-state index < -0.39 is 0 Å². The van der Waals surface area contributed by atoms with Crippen LogP contribution in [-0.4, -0.2) is 46.5 Å². The summed E-state index contributed by atoms with van der Waals surface area (Å²) < 4.78 is 13.6. The molecule has 0 bridgehead atoms. The van der Waals surface area contributed by atoms with Crippen molar-refractivity contribution in [3.63, 3.8) is 0 Å². The molecule has 1 aromatic carbocycles. The molecule has 1 fully saturated rings. The molecule has 1 aliphatic rings. The predicted octanol–water partition coefficient (Wildman–Crippen LogP) is 2.01. The van der Waals surface area contributed by atoms with Crippen LogP contribution in [0.2, 0.25) is 0 Å². The highest BCUT2D eigenvalue weighted by atomic mass is 32.1. The number of nitrogens with two attached hydrogens (primary N) is 1. The number of hydrogen-bond acceptors (Lipinski definition) is 3. The first kappa shape index (κ1) is 15.4. The van der Waals surface area contributed by atoms with E-state index in [1.54, 1.807) is 6.07 Å². The predicted molar refractivity (Wildman–Crippen MR) is 84.1 cm³/mol. The van der Waals surface area contributed by atoms with Crippen LogP contribution >= 0.6 is 12.2 Å². The number of thiocarbonyl (C=S) groups is 1. The van der Waals surface area contributed by atoms with Crippen molar-refractivity contribution < 1.29 is 4.39 Å². The van der Waals surface area contributed by atoms with Crippen LogP contribution in [0.15, 0.2) is 24.3 Å². The first-order chi connectivity index (χ1) is 9.41. The van der Waals surface area contributed by atoms with Gasteiger partial charge in [0.2, 0.25) is 0 Å². The smallest absolute Gasteiger partial charge is 0.127 e. The Morgan fingerprint density at radius 1 is 1.25 bits per heavy atom. The van der Waals surface area contributed by atoms with Crippen molar-refractivity contribution in [2.45, 2.75) is 25.9 Å². The van der Waals surface area contributed by atoms with Gasteiger partial charge in [-0.1, -0.05) is 30.4 Å². The number of halogens is 1. The van der Waals surface area contributed by atoms with Crippen molar-refractivity contribution in [1.82, 2.24) is 9.80 Å². The number of benzene rings is 1. The monoisotopic (exact) mass is 295 g/mol. The zero-order chi connectivity index (χ0) is 14.8. The summed E-state index contributed by atoms with van der Waals surface area (Å²) in [6.45, 7) is 8.38. The van der Waals surface area contributed by atoms with Gasteiger partial charge >= 0.3 is 0 Å². The normalized spacial score (nSPS) is 18.1. The van der Waals surface area contributed by atoms with Crippen LogP contribution in [0.4, 0.5) is 4.39 Å².